The van der Waals surface area contributed by atoms with Crippen LogP contribution in [0.3, 0.4) is 0 Å². The van der Waals surface area contributed by atoms with E-state index in [2.05, 4.69) is 5.32 Å². The zero-order valence-corrected chi connectivity index (χ0v) is 12.0. The molecule has 112 valence electrons. The molecule has 0 saturated carbocycles. The molecule has 1 nitrogen and oxygen atoms in total. The third-order valence-electron chi connectivity index (χ3n) is 3.57. The van der Waals surface area contributed by atoms with E-state index in [0.29, 0.717) is 12.0 Å². The highest BCUT2D eigenvalue weighted by Gasteiger charge is 2.21. The Hall–Kier alpha value is -1.81. The van der Waals surface area contributed by atoms with Gasteiger partial charge in [-0.2, -0.15) is 0 Å². The predicted molar refractivity (Wildman–Crippen MR) is 77.3 cm³/mol. The van der Waals surface area contributed by atoms with Crippen LogP contribution in [0.5, 0.6) is 0 Å². The second-order valence-corrected chi connectivity index (χ2v) is 5.01. The van der Waals surface area contributed by atoms with E-state index < -0.39 is 17.7 Å². The fourth-order valence-electron chi connectivity index (χ4n) is 2.49. The predicted octanol–water partition coefficient (Wildman–Crippen LogP) is 4.91. The van der Waals surface area contributed by atoms with Gasteiger partial charge in [-0.25, -0.2) is 13.2 Å². The van der Waals surface area contributed by atoms with Crippen LogP contribution in [0.15, 0.2) is 42.5 Å². The van der Waals surface area contributed by atoms with Gasteiger partial charge in [-0.05, 0) is 31.5 Å². The monoisotopic (exact) mass is 293 g/mol. The molecule has 2 unspecified atom stereocenters. The van der Waals surface area contributed by atoms with Crippen LogP contribution in [0.25, 0.3) is 0 Å². The second-order valence-electron chi connectivity index (χ2n) is 5.01. The van der Waals surface area contributed by atoms with Crippen LogP contribution < -0.4 is 5.32 Å². The van der Waals surface area contributed by atoms with E-state index in [1.54, 1.807) is 25.1 Å². The Balaban J connectivity index is 2.25. The van der Waals surface area contributed by atoms with Gasteiger partial charge in [-0.3, -0.25) is 0 Å². The Morgan fingerprint density at radius 3 is 2.05 bits per heavy atom. The van der Waals surface area contributed by atoms with Gasteiger partial charge in [-0.15, -0.1) is 0 Å². The van der Waals surface area contributed by atoms with Gasteiger partial charge in [0.2, 0.25) is 0 Å². The first kappa shape index (κ1) is 15.6. The first-order valence-electron chi connectivity index (χ1n) is 6.99. The summed E-state index contributed by atoms with van der Waals surface area (Å²) in [6.07, 6.45) is 0.612. The Labute approximate surface area is 122 Å². The topological polar surface area (TPSA) is 12.0 Å². The summed E-state index contributed by atoms with van der Waals surface area (Å²) >= 11 is 0. The van der Waals surface area contributed by atoms with E-state index in [1.807, 2.05) is 6.92 Å². The van der Waals surface area contributed by atoms with Crippen molar-refractivity contribution in [2.24, 2.45) is 0 Å². The average molecular weight is 293 g/mol. The fraction of sp³-hybridized carbons (Fsp3) is 0.294. The van der Waals surface area contributed by atoms with Crippen LogP contribution in [0.4, 0.5) is 13.2 Å². The summed E-state index contributed by atoms with van der Waals surface area (Å²) in [7, 11) is 0. The molecule has 0 bridgehead atoms. The smallest absolute Gasteiger partial charge is 0.130 e. The molecule has 0 spiro atoms. The minimum absolute atomic E-state index is 0.0210. The standard InChI is InChI=1S/C17H18F3N/c1-3-16(12-7-4-5-8-13(12)18)21-11(2)17-14(19)9-6-10-15(17)20/h4-11,16,21H,3H2,1-2H3. The molecule has 0 aromatic heterocycles. The summed E-state index contributed by atoms with van der Waals surface area (Å²) in [4.78, 5) is 0. The number of hydrogen-bond acceptors (Lipinski definition) is 1. The summed E-state index contributed by atoms with van der Waals surface area (Å²) < 4.78 is 41.4. The molecule has 0 heterocycles. The molecule has 0 aliphatic carbocycles. The maximum absolute atomic E-state index is 13.8. The van der Waals surface area contributed by atoms with E-state index in [4.69, 9.17) is 0 Å². The molecule has 2 rings (SSSR count). The van der Waals surface area contributed by atoms with Crippen LogP contribution in [-0.4, -0.2) is 0 Å². The minimum Gasteiger partial charge on any atom is -0.303 e. The van der Waals surface area contributed by atoms with Gasteiger partial charge in [-0.1, -0.05) is 31.2 Å². The maximum atomic E-state index is 13.8. The van der Waals surface area contributed by atoms with E-state index in [9.17, 15) is 13.2 Å². The minimum atomic E-state index is -0.599. The summed E-state index contributed by atoms with van der Waals surface area (Å²) in [5.41, 5.74) is 0.482. The quantitative estimate of drug-likeness (QED) is 0.826. The van der Waals surface area contributed by atoms with E-state index >= 15 is 0 Å². The van der Waals surface area contributed by atoms with Crippen LogP contribution in [0.1, 0.15) is 43.5 Å². The van der Waals surface area contributed by atoms with Crippen molar-refractivity contribution in [1.82, 2.24) is 5.32 Å². The van der Waals surface area contributed by atoms with E-state index in [0.717, 1.165) is 0 Å². The van der Waals surface area contributed by atoms with Crippen LogP contribution >= 0.6 is 0 Å². The molecule has 0 radical (unpaired) electrons. The van der Waals surface area contributed by atoms with Crippen molar-refractivity contribution in [2.75, 3.05) is 0 Å². The van der Waals surface area contributed by atoms with Crippen molar-refractivity contribution in [3.63, 3.8) is 0 Å². The van der Waals surface area contributed by atoms with Crippen molar-refractivity contribution in [3.8, 4) is 0 Å². The molecule has 0 saturated heterocycles. The lowest BCUT2D eigenvalue weighted by atomic mass is 10.0. The lowest BCUT2D eigenvalue weighted by Gasteiger charge is -2.24. The number of rotatable bonds is 5. The summed E-state index contributed by atoms with van der Waals surface area (Å²) in [5, 5.41) is 3.10. The van der Waals surface area contributed by atoms with Gasteiger partial charge in [0.05, 0.1) is 0 Å². The molecule has 4 heteroatoms. The Morgan fingerprint density at radius 1 is 0.905 bits per heavy atom. The summed E-state index contributed by atoms with van der Waals surface area (Å²) in [6.45, 7) is 3.57. The first-order valence-corrected chi connectivity index (χ1v) is 6.99. The van der Waals surface area contributed by atoms with Crippen molar-refractivity contribution < 1.29 is 13.2 Å². The van der Waals surface area contributed by atoms with Gasteiger partial charge in [0.1, 0.15) is 17.5 Å². The molecule has 0 aliphatic rings. The normalized spacial score (nSPS) is 14.0. The fourth-order valence-corrected chi connectivity index (χ4v) is 2.49. The molecule has 2 aromatic carbocycles. The van der Waals surface area contributed by atoms with E-state index in [1.165, 1.54) is 24.3 Å². The van der Waals surface area contributed by atoms with Gasteiger partial charge >= 0.3 is 0 Å². The van der Waals surface area contributed by atoms with E-state index in [-0.39, 0.29) is 17.4 Å². The molecule has 2 aromatic rings. The molecule has 21 heavy (non-hydrogen) atoms. The SMILES string of the molecule is CCC(NC(C)c1c(F)cccc1F)c1ccccc1F. The third kappa shape index (κ3) is 3.45. The highest BCUT2D eigenvalue weighted by molar-refractivity contribution is 5.25. The van der Waals surface area contributed by atoms with Crippen molar-refractivity contribution >= 4 is 0 Å². The van der Waals surface area contributed by atoms with Gasteiger partial charge in [0.15, 0.2) is 0 Å². The number of benzene rings is 2. The Kier molecular flexibility index (Phi) is 5.02. The molecular formula is C17H18F3N. The van der Waals surface area contributed by atoms with Gasteiger partial charge in [0, 0.05) is 23.2 Å². The first-order chi connectivity index (χ1) is 10.0. The molecule has 0 amide bonds. The Bertz CT molecular complexity index is 592. The summed E-state index contributed by atoms with van der Waals surface area (Å²) in [6, 6.07) is 9.34. The van der Waals surface area contributed by atoms with Gasteiger partial charge < -0.3 is 5.32 Å². The van der Waals surface area contributed by atoms with Crippen molar-refractivity contribution in [3.05, 3.63) is 71.0 Å². The van der Waals surface area contributed by atoms with Crippen molar-refractivity contribution in [1.29, 1.82) is 0 Å². The average Bonchev–Trinajstić information content (AvgIpc) is 2.45. The van der Waals surface area contributed by atoms with Crippen LogP contribution in [-0.2, 0) is 0 Å². The molecular weight excluding hydrogens is 275 g/mol. The maximum Gasteiger partial charge on any atom is 0.130 e. The zero-order valence-electron chi connectivity index (χ0n) is 12.0. The van der Waals surface area contributed by atoms with Crippen LogP contribution in [0.2, 0.25) is 0 Å². The van der Waals surface area contributed by atoms with Crippen LogP contribution in [0, 0.1) is 17.5 Å². The largest absolute Gasteiger partial charge is 0.303 e. The lowest BCUT2D eigenvalue weighted by molar-refractivity contribution is 0.415. The van der Waals surface area contributed by atoms with Crippen molar-refractivity contribution in [2.45, 2.75) is 32.4 Å². The number of hydrogen-bond donors (Lipinski definition) is 1. The highest BCUT2D eigenvalue weighted by Crippen LogP contribution is 2.26. The Morgan fingerprint density at radius 2 is 1.48 bits per heavy atom. The molecule has 0 aliphatic heterocycles. The second kappa shape index (κ2) is 6.76. The molecule has 0 fully saturated rings. The summed E-state index contributed by atoms with van der Waals surface area (Å²) in [5.74, 6) is -1.52. The number of nitrogens with one attached hydrogen (secondary N) is 1. The zero-order chi connectivity index (χ0) is 15.4. The number of halogens is 3. The molecule has 1 N–H and O–H groups in total. The third-order valence-corrected chi connectivity index (χ3v) is 3.57. The lowest BCUT2D eigenvalue weighted by Crippen LogP contribution is -2.26. The highest BCUT2D eigenvalue weighted by atomic mass is 19.1. The van der Waals surface area contributed by atoms with Gasteiger partial charge in [0.25, 0.3) is 0 Å². The molecule has 2 atom stereocenters.